The lowest BCUT2D eigenvalue weighted by Crippen LogP contribution is -2.39. The molecule has 0 fully saturated rings. The van der Waals surface area contributed by atoms with Gasteiger partial charge in [0.2, 0.25) is 0 Å². The molecule has 6 nitrogen and oxygen atoms in total. The first-order valence-corrected chi connectivity index (χ1v) is 7.10. The minimum absolute atomic E-state index is 0.00666. The molecule has 0 aliphatic heterocycles. The van der Waals surface area contributed by atoms with E-state index in [9.17, 15) is 0 Å². The molecule has 112 valence electrons. The summed E-state index contributed by atoms with van der Waals surface area (Å²) >= 11 is 0. The number of hydrogen-bond acceptors (Lipinski definition) is 5. The molecule has 0 aromatic carbocycles. The number of nitrogens with two attached hydrogens (primary N) is 1. The first-order chi connectivity index (χ1) is 9.54. The van der Waals surface area contributed by atoms with Crippen LogP contribution in [0.5, 0.6) is 0 Å². The molecule has 6 heteroatoms. The molecule has 0 bridgehead atoms. The van der Waals surface area contributed by atoms with Crippen LogP contribution in [0.1, 0.15) is 46.2 Å². The minimum Gasteiger partial charge on any atom is -0.409 e. The van der Waals surface area contributed by atoms with Crippen LogP contribution < -0.4 is 10.6 Å². The summed E-state index contributed by atoms with van der Waals surface area (Å²) in [6.07, 6.45) is 5.21. The summed E-state index contributed by atoms with van der Waals surface area (Å²) in [6, 6.07) is 0.361. The van der Waals surface area contributed by atoms with Crippen molar-refractivity contribution in [2.24, 2.45) is 16.8 Å². The van der Waals surface area contributed by atoms with Crippen LogP contribution in [0.25, 0.3) is 0 Å². The number of hydrogen-bond donors (Lipinski definition) is 2. The predicted molar refractivity (Wildman–Crippen MR) is 81.1 cm³/mol. The van der Waals surface area contributed by atoms with E-state index in [0.717, 1.165) is 19.4 Å². The van der Waals surface area contributed by atoms with Gasteiger partial charge < -0.3 is 15.8 Å². The van der Waals surface area contributed by atoms with E-state index >= 15 is 0 Å². The van der Waals surface area contributed by atoms with Crippen molar-refractivity contribution in [2.75, 3.05) is 11.4 Å². The Bertz CT molecular complexity index is 443. The Labute approximate surface area is 120 Å². The van der Waals surface area contributed by atoms with Gasteiger partial charge in [-0.25, -0.2) is 9.97 Å². The molecule has 0 saturated heterocycles. The van der Waals surface area contributed by atoms with Crippen molar-refractivity contribution in [1.82, 2.24) is 9.97 Å². The highest BCUT2D eigenvalue weighted by atomic mass is 16.4. The number of aromatic nitrogens is 2. The van der Waals surface area contributed by atoms with Crippen molar-refractivity contribution in [3.63, 3.8) is 0 Å². The summed E-state index contributed by atoms with van der Waals surface area (Å²) in [5, 5.41) is 12.0. The number of nitrogens with zero attached hydrogens (tertiary/aromatic N) is 4. The molecule has 1 heterocycles. The normalized spacial score (nSPS) is 12.2. The third kappa shape index (κ3) is 3.82. The Balaban J connectivity index is 3.26. The summed E-state index contributed by atoms with van der Waals surface area (Å²) in [5.74, 6) is 1.16. The fourth-order valence-electron chi connectivity index (χ4n) is 2.30. The molecule has 0 unspecified atom stereocenters. The van der Waals surface area contributed by atoms with E-state index in [1.54, 1.807) is 12.4 Å². The summed E-state index contributed by atoms with van der Waals surface area (Å²) in [5.41, 5.74) is 6.15. The van der Waals surface area contributed by atoms with E-state index in [-0.39, 0.29) is 5.84 Å². The van der Waals surface area contributed by atoms with Crippen molar-refractivity contribution in [3.8, 4) is 0 Å². The zero-order valence-corrected chi connectivity index (χ0v) is 12.7. The predicted octanol–water partition coefficient (Wildman–Crippen LogP) is 2.22. The maximum absolute atomic E-state index is 8.91. The molecule has 3 N–H and O–H groups in total. The van der Waals surface area contributed by atoms with E-state index < -0.39 is 0 Å². The molecule has 0 aliphatic rings. The Morgan fingerprint density at radius 1 is 1.30 bits per heavy atom. The molecule has 0 amide bonds. The Morgan fingerprint density at radius 3 is 2.40 bits per heavy atom. The smallest absolute Gasteiger partial charge is 0.192 e. The van der Waals surface area contributed by atoms with Gasteiger partial charge in [0.15, 0.2) is 17.3 Å². The molecule has 1 aromatic heterocycles. The molecule has 0 saturated carbocycles. The van der Waals surface area contributed by atoms with Gasteiger partial charge in [0.25, 0.3) is 0 Å². The van der Waals surface area contributed by atoms with Gasteiger partial charge in [-0.15, -0.1) is 0 Å². The van der Waals surface area contributed by atoms with E-state index in [0.29, 0.717) is 23.5 Å². The number of amidine groups is 1. The first kappa shape index (κ1) is 16.2. The zero-order valence-electron chi connectivity index (χ0n) is 12.7. The molecule has 0 radical (unpaired) electrons. The van der Waals surface area contributed by atoms with Gasteiger partial charge >= 0.3 is 0 Å². The van der Waals surface area contributed by atoms with Crippen LogP contribution in [-0.2, 0) is 0 Å². The Kier molecular flexibility index (Phi) is 6.21. The lowest BCUT2D eigenvalue weighted by atomic mass is 10.1. The lowest BCUT2D eigenvalue weighted by molar-refractivity contribution is 0.318. The van der Waals surface area contributed by atoms with Gasteiger partial charge in [-0.1, -0.05) is 32.9 Å². The lowest BCUT2D eigenvalue weighted by Gasteiger charge is -2.33. The monoisotopic (exact) mass is 279 g/mol. The van der Waals surface area contributed by atoms with Crippen LogP contribution in [0.15, 0.2) is 17.5 Å². The Morgan fingerprint density at radius 2 is 1.90 bits per heavy atom. The van der Waals surface area contributed by atoms with Crippen molar-refractivity contribution >= 4 is 11.7 Å². The van der Waals surface area contributed by atoms with Crippen LogP contribution in [0.2, 0.25) is 0 Å². The number of oxime groups is 1. The van der Waals surface area contributed by atoms with Gasteiger partial charge in [0.05, 0.1) is 0 Å². The van der Waals surface area contributed by atoms with Crippen LogP contribution >= 0.6 is 0 Å². The second-order valence-electron chi connectivity index (χ2n) is 5.23. The highest BCUT2D eigenvalue weighted by Crippen LogP contribution is 2.22. The number of anilines is 1. The van der Waals surface area contributed by atoms with Crippen molar-refractivity contribution < 1.29 is 5.21 Å². The molecule has 0 aliphatic carbocycles. The second kappa shape index (κ2) is 7.67. The van der Waals surface area contributed by atoms with Gasteiger partial charge in [-0.05, 0) is 18.8 Å². The van der Waals surface area contributed by atoms with Crippen molar-refractivity contribution in [1.29, 1.82) is 0 Å². The van der Waals surface area contributed by atoms with Crippen LogP contribution in [-0.4, -0.2) is 33.6 Å². The van der Waals surface area contributed by atoms with E-state index in [4.69, 9.17) is 10.9 Å². The number of rotatable bonds is 7. The van der Waals surface area contributed by atoms with Crippen molar-refractivity contribution in [2.45, 2.75) is 46.6 Å². The summed E-state index contributed by atoms with van der Waals surface area (Å²) in [4.78, 5) is 10.8. The fourth-order valence-corrected chi connectivity index (χ4v) is 2.30. The van der Waals surface area contributed by atoms with Gasteiger partial charge in [0, 0.05) is 25.0 Å². The maximum Gasteiger partial charge on any atom is 0.192 e. The van der Waals surface area contributed by atoms with Gasteiger partial charge in [-0.2, -0.15) is 0 Å². The third-order valence-electron chi connectivity index (χ3n) is 3.25. The summed E-state index contributed by atoms with van der Waals surface area (Å²) < 4.78 is 0. The average molecular weight is 279 g/mol. The van der Waals surface area contributed by atoms with E-state index in [2.05, 4.69) is 47.7 Å². The highest BCUT2D eigenvalue weighted by Gasteiger charge is 2.23. The highest BCUT2D eigenvalue weighted by molar-refractivity contribution is 5.99. The van der Waals surface area contributed by atoms with Crippen molar-refractivity contribution in [3.05, 3.63) is 18.1 Å². The largest absolute Gasteiger partial charge is 0.409 e. The summed E-state index contributed by atoms with van der Waals surface area (Å²) in [7, 11) is 0. The van der Waals surface area contributed by atoms with Gasteiger partial charge in [-0.3, -0.25) is 0 Å². The van der Waals surface area contributed by atoms with Gasteiger partial charge in [0.1, 0.15) is 0 Å². The third-order valence-corrected chi connectivity index (χ3v) is 3.25. The summed E-state index contributed by atoms with van der Waals surface area (Å²) in [6.45, 7) is 9.49. The fraction of sp³-hybridized carbons (Fsp3) is 0.643. The molecule has 1 aromatic rings. The second-order valence-corrected chi connectivity index (χ2v) is 5.23. The zero-order chi connectivity index (χ0) is 15.1. The van der Waals surface area contributed by atoms with E-state index in [1.165, 1.54) is 0 Å². The van der Waals surface area contributed by atoms with E-state index in [1.807, 2.05) is 0 Å². The molecule has 1 rings (SSSR count). The standard InChI is InChI=1S/C14H25N5O/c1-5-11(6-2)19(9-10(3)4)14-12(13(15)18-20)16-7-8-17-14/h7-8,10-11,20H,5-6,9H2,1-4H3,(H2,15,18). The molecule has 0 atom stereocenters. The average Bonchev–Trinajstić information content (AvgIpc) is 2.46. The van der Waals surface area contributed by atoms with Crippen LogP contribution in [0.3, 0.4) is 0 Å². The van der Waals surface area contributed by atoms with Crippen LogP contribution in [0.4, 0.5) is 5.82 Å². The molecular formula is C14H25N5O. The minimum atomic E-state index is -0.00666. The molecule has 20 heavy (non-hydrogen) atoms. The van der Waals surface area contributed by atoms with Crippen LogP contribution in [0, 0.1) is 5.92 Å². The SMILES string of the molecule is CCC(CC)N(CC(C)C)c1nccnc1C(N)=NO. The maximum atomic E-state index is 8.91. The first-order valence-electron chi connectivity index (χ1n) is 7.10. The Hall–Kier alpha value is -1.85. The molecule has 0 spiro atoms. The quantitative estimate of drug-likeness (QED) is 0.346. The molecular weight excluding hydrogens is 254 g/mol. The topological polar surface area (TPSA) is 87.6 Å².